The molecule has 0 N–H and O–H groups in total. The Bertz CT molecular complexity index is 824. The Balaban J connectivity index is 0.000000268. The third-order valence-electron chi connectivity index (χ3n) is 7.10. The number of aryl methyl sites for hydroxylation is 2. The molecule has 214 valence electrons. The van der Waals surface area contributed by atoms with Crippen LogP contribution in [0.15, 0.2) is 48.5 Å². The summed E-state index contributed by atoms with van der Waals surface area (Å²) in [6, 6.07) is 15.5. The lowest BCUT2D eigenvalue weighted by Gasteiger charge is -2.49. The summed E-state index contributed by atoms with van der Waals surface area (Å²) in [5.41, 5.74) is 2.42. The number of carbonyl (C=O) groups excluding carboxylic acids is 1. The molecule has 0 saturated heterocycles. The second-order valence-corrected chi connectivity index (χ2v) is 11.2. The molecule has 6 rings (SSSR count). The van der Waals surface area contributed by atoms with E-state index in [4.69, 9.17) is 9.47 Å². The Morgan fingerprint density at radius 1 is 0.605 bits per heavy atom. The molecular formula is C35H56O3. The smallest absolute Gasteiger partial charge is 0.313 e. The number of benzene rings is 2. The first-order valence-electron chi connectivity index (χ1n) is 15.2. The van der Waals surface area contributed by atoms with Gasteiger partial charge >= 0.3 is 5.97 Å². The van der Waals surface area contributed by atoms with Gasteiger partial charge in [-0.1, -0.05) is 76.9 Å². The van der Waals surface area contributed by atoms with E-state index in [2.05, 4.69) is 19.1 Å². The third kappa shape index (κ3) is 12.5. The lowest BCUT2D eigenvalue weighted by atomic mass is 9.56. The van der Waals surface area contributed by atoms with Crippen molar-refractivity contribution >= 4 is 5.97 Å². The van der Waals surface area contributed by atoms with Crippen LogP contribution in [0.2, 0.25) is 0 Å². The molecule has 0 radical (unpaired) electrons. The Morgan fingerprint density at radius 2 is 0.921 bits per heavy atom. The van der Waals surface area contributed by atoms with Crippen molar-refractivity contribution in [3.05, 3.63) is 59.7 Å². The van der Waals surface area contributed by atoms with Gasteiger partial charge in [0.1, 0.15) is 11.5 Å². The number of hydrogen-bond acceptors (Lipinski definition) is 3. The molecule has 0 heterocycles. The highest BCUT2D eigenvalue weighted by atomic mass is 16.5. The van der Waals surface area contributed by atoms with E-state index >= 15 is 0 Å². The normalized spacial score (nSPS) is 21.9. The van der Waals surface area contributed by atoms with Gasteiger partial charge in [0.2, 0.25) is 0 Å². The van der Waals surface area contributed by atoms with Gasteiger partial charge in [0.25, 0.3) is 0 Å². The molecule has 3 heteroatoms. The fourth-order valence-electron chi connectivity index (χ4n) is 5.71. The van der Waals surface area contributed by atoms with E-state index in [0.717, 1.165) is 11.3 Å². The number of hydrogen-bond donors (Lipinski definition) is 0. The third-order valence-corrected chi connectivity index (χ3v) is 7.10. The molecular weight excluding hydrogens is 468 g/mol. The van der Waals surface area contributed by atoms with E-state index in [9.17, 15) is 4.79 Å². The van der Waals surface area contributed by atoms with Crippen LogP contribution in [0.5, 0.6) is 11.5 Å². The predicted molar refractivity (Wildman–Crippen MR) is 163 cm³/mol. The van der Waals surface area contributed by atoms with Crippen molar-refractivity contribution in [2.24, 2.45) is 29.6 Å². The summed E-state index contributed by atoms with van der Waals surface area (Å²) in [7, 11) is 0. The van der Waals surface area contributed by atoms with Gasteiger partial charge in [-0.25, -0.2) is 0 Å². The molecule has 0 aliphatic heterocycles. The molecule has 0 spiro atoms. The van der Waals surface area contributed by atoms with Gasteiger partial charge in [0.15, 0.2) is 0 Å². The van der Waals surface area contributed by atoms with Crippen molar-refractivity contribution in [3.8, 4) is 11.5 Å². The minimum absolute atomic E-state index is 0.0821. The second-order valence-electron chi connectivity index (χ2n) is 11.2. The Morgan fingerprint density at radius 3 is 1.21 bits per heavy atom. The summed E-state index contributed by atoms with van der Waals surface area (Å²) in [4.78, 5) is 11.2. The molecule has 0 atom stereocenters. The highest BCUT2D eigenvalue weighted by Gasteiger charge is 2.41. The van der Waals surface area contributed by atoms with Gasteiger partial charge in [-0.3, -0.25) is 4.79 Å². The Hall–Kier alpha value is -2.29. The van der Waals surface area contributed by atoms with Crippen LogP contribution in [0.1, 0.15) is 105 Å². The summed E-state index contributed by atoms with van der Waals surface area (Å²) in [5, 5.41) is 0. The summed E-state index contributed by atoms with van der Waals surface area (Å²) in [6.07, 6.45) is 9.89. The maximum Gasteiger partial charge on any atom is 0.313 e. The highest BCUT2D eigenvalue weighted by molar-refractivity contribution is 5.74. The molecule has 0 amide bonds. The van der Waals surface area contributed by atoms with E-state index in [1.54, 1.807) is 50.7 Å². The van der Waals surface area contributed by atoms with Crippen molar-refractivity contribution in [1.29, 1.82) is 0 Å². The standard InChI is InChI=1S/C11H14O2.C10H14O.C10H16.2C2H6/c1-8(2)11(12)13-10-6-4-9(3)5-7-10;1-8(2)11-10-6-4-9(3)5-7-10;1-7-2-9-4-8(1)5-10(3-7)6-9;2*1-2/h4-8H,1-3H3;4-8H,1-3H3;7-10H,1-6H2;2*1-2H3. The molecule has 4 fully saturated rings. The van der Waals surface area contributed by atoms with Crippen LogP contribution in [0.4, 0.5) is 0 Å². The second kappa shape index (κ2) is 18.1. The van der Waals surface area contributed by atoms with Crippen molar-refractivity contribution in [2.75, 3.05) is 0 Å². The molecule has 0 aromatic heterocycles. The zero-order valence-corrected chi connectivity index (χ0v) is 26.1. The summed E-state index contributed by atoms with van der Waals surface area (Å²) < 4.78 is 10.6. The van der Waals surface area contributed by atoms with Gasteiger partial charge in [0.05, 0.1) is 12.0 Å². The van der Waals surface area contributed by atoms with Gasteiger partial charge in [-0.15, -0.1) is 0 Å². The van der Waals surface area contributed by atoms with E-state index in [-0.39, 0.29) is 18.0 Å². The minimum Gasteiger partial charge on any atom is -0.491 e. The summed E-state index contributed by atoms with van der Waals surface area (Å²) >= 11 is 0. The molecule has 2 aromatic carbocycles. The quantitative estimate of drug-likeness (QED) is 0.295. The molecule has 4 aliphatic rings. The molecule has 2 aromatic rings. The van der Waals surface area contributed by atoms with E-state index in [0.29, 0.717) is 5.75 Å². The first-order chi connectivity index (χ1) is 18.2. The van der Waals surface area contributed by atoms with Crippen LogP contribution < -0.4 is 9.47 Å². The maximum atomic E-state index is 11.2. The first-order valence-corrected chi connectivity index (χ1v) is 15.2. The van der Waals surface area contributed by atoms with Crippen molar-refractivity contribution < 1.29 is 14.3 Å². The molecule has 0 unspecified atom stereocenters. The zero-order valence-electron chi connectivity index (χ0n) is 26.1. The monoisotopic (exact) mass is 524 g/mol. The van der Waals surface area contributed by atoms with Gasteiger partial charge in [0, 0.05) is 0 Å². The number of ether oxygens (including phenoxy) is 2. The van der Waals surface area contributed by atoms with Crippen LogP contribution in [-0.4, -0.2) is 12.1 Å². The summed E-state index contributed by atoms with van der Waals surface area (Å²) in [6.45, 7) is 19.7. The number of carbonyl (C=O) groups is 1. The van der Waals surface area contributed by atoms with Crippen LogP contribution >= 0.6 is 0 Å². The lowest BCUT2D eigenvalue weighted by molar-refractivity contribution is -0.137. The van der Waals surface area contributed by atoms with Crippen LogP contribution in [0.3, 0.4) is 0 Å². The lowest BCUT2D eigenvalue weighted by Crippen LogP contribution is -2.38. The molecule has 38 heavy (non-hydrogen) atoms. The fourth-order valence-corrected chi connectivity index (χ4v) is 5.71. The fraction of sp³-hybridized carbons (Fsp3) is 0.629. The van der Waals surface area contributed by atoms with Crippen molar-refractivity contribution in [3.63, 3.8) is 0 Å². The molecule has 4 saturated carbocycles. The van der Waals surface area contributed by atoms with Crippen LogP contribution in [-0.2, 0) is 4.79 Å². The molecule has 3 nitrogen and oxygen atoms in total. The maximum absolute atomic E-state index is 11.2. The molecule has 4 aliphatic carbocycles. The molecule has 4 bridgehead atoms. The Kier molecular flexibility index (Phi) is 16.1. The van der Waals surface area contributed by atoms with Crippen LogP contribution in [0, 0.1) is 43.4 Å². The first kappa shape index (κ1) is 33.7. The van der Waals surface area contributed by atoms with Crippen molar-refractivity contribution in [2.45, 2.75) is 114 Å². The van der Waals surface area contributed by atoms with Gasteiger partial charge in [-0.2, -0.15) is 0 Å². The highest BCUT2D eigenvalue weighted by Crippen LogP contribution is 2.53. The average Bonchev–Trinajstić information content (AvgIpc) is 2.89. The minimum atomic E-state index is -0.191. The van der Waals surface area contributed by atoms with Gasteiger partial charge in [-0.05, 0) is 114 Å². The van der Waals surface area contributed by atoms with Gasteiger partial charge < -0.3 is 9.47 Å². The van der Waals surface area contributed by atoms with Crippen LogP contribution in [0.25, 0.3) is 0 Å². The van der Waals surface area contributed by atoms with Crippen molar-refractivity contribution in [1.82, 2.24) is 0 Å². The largest absolute Gasteiger partial charge is 0.491 e. The number of rotatable bonds is 4. The topological polar surface area (TPSA) is 35.5 Å². The SMILES string of the molecule is C1C2CC3CC1CC(C2)C3.CC.CC.Cc1ccc(OC(=O)C(C)C)cc1.Cc1ccc(OC(C)C)cc1. The number of esters is 1. The van der Waals surface area contributed by atoms with E-state index < -0.39 is 0 Å². The Labute approximate surface area is 234 Å². The average molecular weight is 525 g/mol. The summed E-state index contributed by atoms with van der Waals surface area (Å²) in [5.74, 6) is 6.00. The van der Waals surface area contributed by atoms with E-state index in [1.807, 2.05) is 86.6 Å². The predicted octanol–water partition coefficient (Wildman–Crippen LogP) is 10.2. The van der Waals surface area contributed by atoms with E-state index in [1.165, 1.54) is 29.2 Å². The zero-order chi connectivity index (χ0) is 28.7.